The van der Waals surface area contributed by atoms with Gasteiger partial charge in [-0.15, -0.1) is 0 Å². The van der Waals surface area contributed by atoms with Crippen molar-refractivity contribution in [1.29, 1.82) is 5.26 Å². The van der Waals surface area contributed by atoms with Gasteiger partial charge in [-0.25, -0.2) is 28.1 Å². The molecular weight excluding hydrogens is 536 g/mol. The molecular formula is C30H22F4N6O. The molecule has 2 aromatic carbocycles. The summed E-state index contributed by atoms with van der Waals surface area (Å²) in [4.78, 5) is 17.1. The van der Waals surface area contributed by atoms with Gasteiger partial charge in [-0.05, 0) is 55.3 Å². The standard InChI is InChI=1S/C30H22F4N6O/c31-16-30(6-7-30)17-40-27(38-26-2-1-8-36-28(26)40)13-21-23(33)11-20(12-24(21)34)25-5-9-37-29(39-25)41-15-19-4-3-18(14-35)10-22(19)32/h1-5,8-12H,6-7,13,15-17H2. The predicted molar refractivity (Wildman–Crippen MR) is 141 cm³/mol. The van der Waals surface area contributed by atoms with Crippen LogP contribution in [0.15, 0.2) is 60.9 Å². The Morgan fingerprint density at radius 2 is 1.76 bits per heavy atom. The Morgan fingerprint density at radius 3 is 2.46 bits per heavy atom. The van der Waals surface area contributed by atoms with Crippen LogP contribution < -0.4 is 4.74 Å². The summed E-state index contributed by atoms with van der Waals surface area (Å²) in [5.41, 5.74) is 1.19. The smallest absolute Gasteiger partial charge is 0.317 e. The summed E-state index contributed by atoms with van der Waals surface area (Å²) in [5, 5.41) is 8.88. The third kappa shape index (κ3) is 5.33. The largest absolute Gasteiger partial charge is 0.458 e. The Hall–Kier alpha value is -4.85. The molecule has 206 valence electrons. The lowest BCUT2D eigenvalue weighted by atomic mass is 10.0. The van der Waals surface area contributed by atoms with E-state index in [9.17, 15) is 8.78 Å². The molecule has 0 amide bonds. The number of halogens is 4. The van der Waals surface area contributed by atoms with Gasteiger partial charge in [0, 0.05) is 47.5 Å². The van der Waals surface area contributed by atoms with Gasteiger partial charge >= 0.3 is 6.01 Å². The molecule has 0 radical (unpaired) electrons. The van der Waals surface area contributed by atoms with Crippen molar-refractivity contribution in [3.63, 3.8) is 0 Å². The molecule has 5 aromatic rings. The van der Waals surface area contributed by atoms with Gasteiger partial charge in [0.1, 0.15) is 35.4 Å². The second-order valence-corrected chi connectivity index (χ2v) is 10.1. The van der Waals surface area contributed by atoms with Crippen LogP contribution in [0.2, 0.25) is 0 Å². The number of aromatic nitrogens is 5. The minimum absolute atomic E-state index is 0.112. The third-order valence-corrected chi connectivity index (χ3v) is 7.26. The average Bonchev–Trinajstić information content (AvgIpc) is 3.68. The van der Waals surface area contributed by atoms with Gasteiger partial charge in [0.15, 0.2) is 5.65 Å². The van der Waals surface area contributed by atoms with Gasteiger partial charge in [0.05, 0.1) is 24.0 Å². The second-order valence-electron chi connectivity index (χ2n) is 10.1. The number of ether oxygens (including phenoxy) is 1. The topological polar surface area (TPSA) is 89.5 Å². The van der Waals surface area contributed by atoms with E-state index in [0.29, 0.717) is 23.5 Å². The average molecular weight is 559 g/mol. The molecule has 3 heterocycles. The lowest BCUT2D eigenvalue weighted by molar-refractivity contribution is 0.275. The van der Waals surface area contributed by atoms with Crippen molar-refractivity contribution < 1.29 is 22.3 Å². The quantitative estimate of drug-likeness (QED) is 0.203. The van der Waals surface area contributed by atoms with E-state index in [2.05, 4.69) is 19.9 Å². The second kappa shape index (κ2) is 10.6. The normalized spacial score (nSPS) is 13.7. The summed E-state index contributed by atoms with van der Waals surface area (Å²) in [5.74, 6) is -1.80. The van der Waals surface area contributed by atoms with E-state index >= 15 is 8.78 Å². The van der Waals surface area contributed by atoms with Crippen molar-refractivity contribution in [3.05, 3.63) is 101 Å². The van der Waals surface area contributed by atoms with Crippen molar-refractivity contribution in [2.75, 3.05) is 6.67 Å². The fourth-order valence-electron chi connectivity index (χ4n) is 4.68. The van der Waals surface area contributed by atoms with Crippen LogP contribution in [0.5, 0.6) is 6.01 Å². The Labute approximate surface area is 232 Å². The zero-order chi connectivity index (χ0) is 28.6. The Morgan fingerprint density at radius 1 is 0.951 bits per heavy atom. The maximum atomic E-state index is 15.4. The fraction of sp³-hybridized carbons (Fsp3) is 0.233. The maximum Gasteiger partial charge on any atom is 0.317 e. The number of hydrogen-bond donors (Lipinski definition) is 0. The minimum atomic E-state index is -0.793. The Balaban J connectivity index is 1.25. The van der Waals surface area contributed by atoms with Gasteiger partial charge in [-0.3, -0.25) is 4.39 Å². The first-order valence-electron chi connectivity index (χ1n) is 12.9. The SMILES string of the molecule is N#Cc1ccc(COc2nccc(-c3cc(F)c(Cc4nc5cccnc5n4CC4(CF)CC4)c(F)c3)n2)c(F)c1. The molecule has 0 bridgehead atoms. The van der Waals surface area contributed by atoms with E-state index in [-0.39, 0.29) is 47.0 Å². The minimum Gasteiger partial charge on any atom is -0.458 e. The summed E-state index contributed by atoms with van der Waals surface area (Å²) in [7, 11) is 0. The first-order chi connectivity index (χ1) is 19.9. The molecule has 0 unspecified atom stereocenters. The number of imidazole rings is 1. The number of nitriles is 1. The molecule has 1 aliphatic carbocycles. The lowest BCUT2D eigenvalue weighted by Gasteiger charge is -2.15. The molecule has 7 nitrogen and oxygen atoms in total. The number of benzene rings is 2. The van der Waals surface area contributed by atoms with Crippen LogP contribution in [0.4, 0.5) is 17.6 Å². The molecule has 0 N–H and O–H groups in total. The number of nitrogens with zero attached hydrogens (tertiary/aromatic N) is 6. The van der Waals surface area contributed by atoms with Crippen LogP contribution in [-0.4, -0.2) is 31.2 Å². The van der Waals surface area contributed by atoms with E-state index < -0.39 is 29.5 Å². The molecule has 6 rings (SSSR count). The van der Waals surface area contributed by atoms with Crippen molar-refractivity contribution in [2.24, 2.45) is 5.41 Å². The molecule has 11 heteroatoms. The van der Waals surface area contributed by atoms with Gasteiger partial charge in [-0.2, -0.15) is 10.2 Å². The van der Waals surface area contributed by atoms with E-state index in [4.69, 9.17) is 10.00 Å². The first kappa shape index (κ1) is 26.4. The molecule has 1 fully saturated rings. The monoisotopic (exact) mass is 558 g/mol. The van der Waals surface area contributed by atoms with E-state index in [0.717, 1.165) is 18.9 Å². The number of rotatable bonds is 9. The number of pyridine rings is 1. The van der Waals surface area contributed by atoms with Gasteiger partial charge in [-0.1, -0.05) is 6.07 Å². The summed E-state index contributed by atoms with van der Waals surface area (Å²) < 4.78 is 65.9. The van der Waals surface area contributed by atoms with Gasteiger partial charge < -0.3 is 9.30 Å². The summed E-state index contributed by atoms with van der Waals surface area (Å²) in [6, 6.07) is 13.0. The van der Waals surface area contributed by atoms with Gasteiger partial charge in [0.25, 0.3) is 0 Å². The van der Waals surface area contributed by atoms with Crippen molar-refractivity contribution in [2.45, 2.75) is 32.4 Å². The molecule has 0 aliphatic heterocycles. The molecule has 0 saturated heterocycles. The van der Waals surface area contributed by atoms with Crippen LogP contribution in [-0.2, 0) is 19.6 Å². The van der Waals surface area contributed by atoms with Crippen LogP contribution in [0.3, 0.4) is 0 Å². The predicted octanol–water partition coefficient (Wildman–Crippen LogP) is 6.10. The highest BCUT2D eigenvalue weighted by Crippen LogP contribution is 2.48. The van der Waals surface area contributed by atoms with Gasteiger partial charge in [0.2, 0.25) is 0 Å². The number of hydrogen-bond acceptors (Lipinski definition) is 6. The highest BCUT2D eigenvalue weighted by Gasteiger charge is 2.44. The van der Waals surface area contributed by atoms with E-state index in [1.165, 1.54) is 36.5 Å². The highest BCUT2D eigenvalue weighted by atomic mass is 19.1. The van der Waals surface area contributed by atoms with Crippen molar-refractivity contribution in [3.8, 4) is 23.3 Å². The lowest BCUT2D eigenvalue weighted by Crippen LogP contribution is -2.17. The zero-order valence-corrected chi connectivity index (χ0v) is 21.6. The Kier molecular flexibility index (Phi) is 6.83. The highest BCUT2D eigenvalue weighted by molar-refractivity contribution is 5.71. The van der Waals surface area contributed by atoms with Crippen LogP contribution in [0, 0.1) is 34.2 Å². The van der Waals surface area contributed by atoms with E-state index in [1.54, 1.807) is 22.9 Å². The summed E-state index contributed by atoms with van der Waals surface area (Å²) in [6.45, 7) is -0.352. The zero-order valence-electron chi connectivity index (χ0n) is 21.6. The molecule has 41 heavy (non-hydrogen) atoms. The fourth-order valence-corrected chi connectivity index (χ4v) is 4.68. The maximum absolute atomic E-state index is 15.4. The van der Waals surface area contributed by atoms with Crippen LogP contribution in [0.25, 0.3) is 22.4 Å². The molecule has 1 aliphatic rings. The number of alkyl halides is 1. The molecule has 3 aromatic heterocycles. The van der Waals surface area contributed by atoms with Crippen LogP contribution in [0.1, 0.15) is 35.4 Å². The van der Waals surface area contributed by atoms with Crippen LogP contribution >= 0.6 is 0 Å². The molecule has 0 atom stereocenters. The molecule has 1 saturated carbocycles. The Bertz CT molecular complexity index is 1790. The summed E-state index contributed by atoms with van der Waals surface area (Å²) in [6.07, 6.45) is 4.30. The summed E-state index contributed by atoms with van der Waals surface area (Å²) >= 11 is 0. The number of fused-ring (bicyclic) bond motifs is 1. The van der Waals surface area contributed by atoms with Crippen molar-refractivity contribution in [1.82, 2.24) is 24.5 Å². The van der Waals surface area contributed by atoms with E-state index in [1.807, 2.05) is 6.07 Å². The first-order valence-corrected chi connectivity index (χ1v) is 12.9. The molecule has 0 spiro atoms. The third-order valence-electron chi connectivity index (χ3n) is 7.26. The van der Waals surface area contributed by atoms with Crippen molar-refractivity contribution >= 4 is 11.2 Å².